The van der Waals surface area contributed by atoms with Crippen molar-refractivity contribution >= 4 is 5.97 Å². The van der Waals surface area contributed by atoms with Crippen LogP contribution >= 0.6 is 0 Å². The lowest BCUT2D eigenvalue weighted by molar-refractivity contribution is -0.00198. The van der Waals surface area contributed by atoms with Gasteiger partial charge >= 0.3 is 5.97 Å². The molecule has 0 amide bonds. The molecular formula is C14H16O2. The third kappa shape index (κ3) is 1.29. The monoisotopic (exact) mass is 216 g/mol. The number of hydrogen-bond acceptors (Lipinski definition) is 1. The van der Waals surface area contributed by atoms with Crippen LogP contribution in [0.3, 0.4) is 0 Å². The summed E-state index contributed by atoms with van der Waals surface area (Å²) in [4.78, 5) is 10.8. The highest BCUT2D eigenvalue weighted by Crippen LogP contribution is 2.63. The molecule has 1 atom stereocenters. The zero-order valence-corrected chi connectivity index (χ0v) is 9.28. The number of aromatic carboxylic acids is 1. The molecule has 2 nitrogen and oxygen atoms in total. The minimum absolute atomic E-state index is 0.394. The SMILES string of the molecule is O=C(O)c1ccc(C2CCC23CCC3)cc1. The first kappa shape index (κ1) is 9.88. The van der Waals surface area contributed by atoms with Crippen LogP contribution in [0.2, 0.25) is 0 Å². The molecule has 1 aromatic carbocycles. The van der Waals surface area contributed by atoms with Gasteiger partial charge in [-0.05, 0) is 54.7 Å². The lowest BCUT2D eigenvalue weighted by Gasteiger charge is -2.56. The molecule has 2 aliphatic rings. The van der Waals surface area contributed by atoms with Crippen LogP contribution in [0.25, 0.3) is 0 Å². The van der Waals surface area contributed by atoms with E-state index in [1.807, 2.05) is 12.1 Å². The zero-order valence-electron chi connectivity index (χ0n) is 9.28. The Bertz CT molecular complexity index is 409. The molecule has 2 aliphatic carbocycles. The third-order valence-electron chi connectivity index (χ3n) is 4.58. The summed E-state index contributed by atoms with van der Waals surface area (Å²) in [6.07, 6.45) is 6.78. The van der Waals surface area contributed by atoms with E-state index in [0.29, 0.717) is 16.9 Å². The molecule has 1 aromatic rings. The largest absolute Gasteiger partial charge is 0.478 e. The fraction of sp³-hybridized carbons (Fsp3) is 0.500. The quantitative estimate of drug-likeness (QED) is 0.822. The van der Waals surface area contributed by atoms with Gasteiger partial charge in [0.1, 0.15) is 0 Å². The van der Waals surface area contributed by atoms with Crippen LogP contribution < -0.4 is 0 Å². The Labute approximate surface area is 95.3 Å². The normalized spacial score (nSPS) is 25.9. The molecule has 0 aliphatic heterocycles. The van der Waals surface area contributed by atoms with Crippen LogP contribution in [-0.2, 0) is 0 Å². The van der Waals surface area contributed by atoms with Gasteiger partial charge in [0.25, 0.3) is 0 Å². The molecule has 3 rings (SSSR count). The van der Waals surface area contributed by atoms with Crippen molar-refractivity contribution in [2.45, 2.75) is 38.0 Å². The van der Waals surface area contributed by atoms with E-state index in [-0.39, 0.29) is 0 Å². The average Bonchev–Trinajstić information content (AvgIpc) is 2.14. The molecule has 16 heavy (non-hydrogen) atoms. The van der Waals surface area contributed by atoms with Crippen molar-refractivity contribution in [2.24, 2.45) is 5.41 Å². The molecule has 84 valence electrons. The predicted molar refractivity (Wildman–Crippen MR) is 61.7 cm³/mol. The van der Waals surface area contributed by atoms with Crippen LogP contribution in [0, 0.1) is 5.41 Å². The maximum Gasteiger partial charge on any atom is 0.335 e. The summed E-state index contributed by atoms with van der Waals surface area (Å²) >= 11 is 0. The first-order valence-electron chi connectivity index (χ1n) is 6.05. The highest BCUT2D eigenvalue weighted by Gasteiger charge is 2.50. The molecule has 0 bridgehead atoms. The second-order valence-corrected chi connectivity index (χ2v) is 5.23. The van der Waals surface area contributed by atoms with Crippen molar-refractivity contribution in [2.75, 3.05) is 0 Å². The fourth-order valence-corrected chi connectivity index (χ4v) is 3.30. The smallest absolute Gasteiger partial charge is 0.335 e. The van der Waals surface area contributed by atoms with Gasteiger partial charge in [0.15, 0.2) is 0 Å². The van der Waals surface area contributed by atoms with Gasteiger partial charge < -0.3 is 5.11 Å². The summed E-state index contributed by atoms with van der Waals surface area (Å²) in [5.74, 6) is -0.136. The lowest BCUT2D eigenvalue weighted by atomic mass is 9.48. The summed E-state index contributed by atoms with van der Waals surface area (Å²) in [6.45, 7) is 0. The minimum atomic E-state index is -0.835. The molecule has 2 heteroatoms. The highest BCUT2D eigenvalue weighted by molar-refractivity contribution is 5.87. The van der Waals surface area contributed by atoms with E-state index in [9.17, 15) is 4.79 Å². The van der Waals surface area contributed by atoms with Gasteiger partial charge in [-0.2, -0.15) is 0 Å². The summed E-state index contributed by atoms with van der Waals surface area (Å²) in [6, 6.07) is 7.49. The molecular weight excluding hydrogens is 200 g/mol. The maximum atomic E-state index is 10.8. The zero-order chi connectivity index (χ0) is 11.2. The second kappa shape index (κ2) is 3.34. The number of rotatable bonds is 2. The Balaban J connectivity index is 1.82. The Kier molecular flexibility index (Phi) is 2.06. The molecule has 0 heterocycles. The Hall–Kier alpha value is -1.31. The fourth-order valence-electron chi connectivity index (χ4n) is 3.30. The van der Waals surface area contributed by atoms with Gasteiger partial charge in [-0.15, -0.1) is 0 Å². The molecule has 0 saturated heterocycles. The summed E-state index contributed by atoms with van der Waals surface area (Å²) in [5.41, 5.74) is 2.34. The van der Waals surface area contributed by atoms with E-state index in [0.717, 1.165) is 0 Å². The maximum absolute atomic E-state index is 10.8. The van der Waals surface area contributed by atoms with Gasteiger partial charge in [-0.1, -0.05) is 18.6 Å². The van der Waals surface area contributed by atoms with Gasteiger partial charge in [0.05, 0.1) is 5.56 Å². The molecule has 1 spiro atoms. The number of carboxylic acid groups (broad SMARTS) is 1. The third-order valence-corrected chi connectivity index (χ3v) is 4.58. The predicted octanol–water partition coefficient (Wildman–Crippen LogP) is 3.43. The minimum Gasteiger partial charge on any atom is -0.478 e. The van der Waals surface area contributed by atoms with E-state index in [4.69, 9.17) is 5.11 Å². The second-order valence-electron chi connectivity index (χ2n) is 5.23. The topological polar surface area (TPSA) is 37.3 Å². The summed E-state index contributed by atoms with van der Waals surface area (Å²) < 4.78 is 0. The van der Waals surface area contributed by atoms with Gasteiger partial charge in [0, 0.05) is 0 Å². The summed E-state index contributed by atoms with van der Waals surface area (Å²) in [5, 5.41) is 8.85. The van der Waals surface area contributed by atoms with Gasteiger partial charge in [-0.25, -0.2) is 4.79 Å². The van der Waals surface area contributed by atoms with Crippen LogP contribution in [0.5, 0.6) is 0 Å². The van der Waals surface area contributed by atoms with E-state index in [2.05, 4.69) is 0 Å². The molecule has 2 saturated carbocycles. The van der Waals surface area contributed by atoms with Crippen molar-refractivity contribution < 1.29 is 9.90 Å². The van der Waals surface area contributed by atoms with Crippen molar-refractivity contribution in [1.82, 2.24) is 0 Å². The number of carboxylic acids is 1. The Morgan fingerprint density at radius 2 is 1.88 bits per heavy atom. The van der Waals surface area contributed by atoms with Crippen molar-refractivity contribution in [3.63, 3.8) is 0 Å². The van der Waals surface area contributed by atoms with E-state index < -0.39 is 5.97 Å². The molecule has 2 fully saturated rings. The number of benzene rings is 1. The first-order chi connectivity index (χ1) is 7.71. The van der Waals surface area contributed by atoms with Crippen LogP contribution in [0.1, 0.15) is 53.9 Å². The molecule has 1 N–H and O–H groups in total. The number of hydrogen-bond donors (Lipinski definition) is 1. The van der Waals surface area contributed by atoms with Crippen LogP contribution in [-0.4, -0.2) is 11.1 Å². The Morgan fingerprint density at radius 3 is 2.25 bits per heavy atom. The van der Waals surface area contributed by atoms with E-state index >= 15 is 0 Å². The lowest BCUT2D eigenvalue weighted by Crippen LogP contribution is -2.43. The van der Waals surface area contributed by atoms with Crippen molar-refractivity contribution in [1.29, 1.82) is 0 Å². The summed E-state index contributed by atoms with van der Waals surface area (Å²) in [7, 11) is 0. The van der Waals surface area contributed by atoms with E-state index in [1.54, 1.807) is 12.1 Å². The van der Waals surface area contributed by atoms with Gasteiger partial charge in [0.2, 0.25) is 0 Å². The first-order valence-corrected chi connectivity index (χ1v) is 6.05. The molecule has 1 unspecified atom stereocenters. The Morgan fingerprint density at radius 1 is 1.19 bits per heavy atom. The molecule has 0 aromatic heterocycles. The number of carbonyl (C=O) groups is 1. The average molecular weight is 216 g/mol. The van der Waals surface area contributed by atoms with Gasteiger partial charge in [-0.3, -0.25) is 0 Å². The van der Waals surface area contributed by atoms with Crippen LogP contribution in [0.4, 0.5) is 0 Å². The van der Waals surface area contributed by atoms with Crippen molar-refractivity contribution in [3.05, 3.63) is 35.4 Å². The standard InChI is InChI=1S/C14H16O2/c15-13(16)11-4-2-10(3-5-11)12-6-9-14(12)7-1-8-14/h2-5,12H,1,6-9H2,(H,15,16). The highest BCUT2D eigenvalue weighted by atomic mass is 16.4. The van der Waals surface area contributed by atoms with Crippen molar-refractivity contribution in [3.8, 4) is 0 Å². The van der Waals surface area contributed by atoms with E-state index in [1.165, 1.54) is 37.7 Å². The van der Waals surface area contributed by atoms with Crippen LogP contribution in [0.15, 0.2) is 24.3 Å². The molecule has 0 radical (unpaired) electrons.